The number of carbonyl (C=O) groups excluding carboxylic acids is 1. The highest BCUT2D eigenvalue weighted by molar-refractivity contribution is 5.78. The molecule has 0 rings (SSSR count). The molecule has 0 heterocycles. The summed E-state index contributed by atoms with van der Waals surface area (Å²) in [5.74, 6) is 0.342. The maximum absolute atomic E-state index is 11.6. The molecule has 0 N–H and O–H groups in total. The Hall–Kier alpha value is -0.410. The lowest BCUT2D eigenvalue weighted by Crippen LogP contribution is -2.08. The molecule has 0 amide bonds. The zero-order valence-electron chi connectivity index (χ0n) is 14.3. The van der Waals surface area contributed by atoms with Crippen molar-refractivity contribution in [2.75, 3.05) is 26.4 Å². The van der Waals surface area contributed by atoms with E-state index < -0.39 is 0 Å². The number of hydrogen-bond donors (Lipinski definition) is 0. The van der Waals surface area contributed by atoms with Gasteiger partial charge in [-0.05, 0) is 13.3 Å². The smallest absolute Gasteiger partial charge is 0.135 e. The third-order valence-electron chi connectivity index (χ3n) is 3.66. The van der Waals surface area contributed by atoms with Crippen molar-refractivity contribution in [3.63, 3.8) is 0 Å². The summed E-state index contributed by atoms with van der Waals surface area (Å²) in [6.45, 7) is 6.71. The van der Waals surface area contributed by atoms with Gasteiger partial charge in [0.05, 0.1) is 19.8 Å². The normalized spacial score (nSPS) is 11.0. The SMILES string of the molecule is CCCCCCCCCCCC(=O)CCOCCOCC. The molecule has 3 nitrogen and oxygen atoms in total. The number of ketones is 1. The van der Waals surface area contributed by atoms with Crippen molar-refractivity contribution < 1.29 is 14.3 Å². The monoisotopic (exact) mass is 300 g/mol. The molecule has 0 aliphatic heterocycles. The molecule has 21 heavy (non-hydrogen) atoms. The van der Waals surface area contributed by atoms with Gasteiger partial charge in [-0.1, -0.05) is 58.3 Å². The Morgan fingerprint density at radius 1 is 0.667 bits per heavy atom. The number of rotatable bonds is 17. The first-order valence-electron chi connectivity index (χ1n) is 8.98. The highest BCUT2D eigenvalue weighted by Crippen LogP contribution is 2.11. The van der Waals surface area contributed by atoms with Gasteiger partial charge in [-0.15, -0.1) is 0 Å². The van der Waals surface area contributed by atoms with Crippen molar-refractivity contribution in [3.8, 4) is 0 Å². The van der Waals surface area contributed by atoms with Crippen LogP contribution in [0.4, 0.5) is 0 Å². The van der Waals surface area contributed by atoms with E-state index in [0.717, 1.165) is 19.4 Å². The van der Waals surface area contributed by atoms with Gasteiger partial charge in [0.1, 0.15) is 5.78 Å². The van der Waals surface area contributed by atoms with Crippen molar-refractivity contribution >= 4 is 5.78 Å². The van der Waals surface area contributed by atoms with Gasteiger partial charge in [-0.2, -0.15) is 0 Å². The Bertz CT molecular complexity index is 217. The average molecular weight is 300 g/mol. The summed E-state index contributed by atoms with van der Waals surface area (Å²) < 4.78 is 10.5. The minimum Gasteiger partial charge on any atom is -0.379 e. The van der Waals surface area contributed by atoms with E-state index >= 15 is 0 Å². The largest absolute Gasteiger partial charge is 0.379 e. The van der Waals surface area contributed by atoms with Crippen LogP contribution < -0.4 is 0 Å². The predicted molar refractivity (Wildman–Crippen MR) is 88.8 cm³/mol. The fourth-order valence-electron chi connectivity index (χ4n) is 2.31. The van der Waals surface area contributed by atoms with Crippen LogP contribution in [-0.4, -0.2) is 32.2 Å². The minimum absolute atomic E-state index is 0.342. The van der Waals surface area contributed by atoms with Gasteiger partial charge in [0, 0.05) is 19.4 Å². The molecule has 0 aromatic heterocycles. The topological polar surface area (TPSA) is 35.5 Å². The van der Waals surface area contributed by atoms with Crippen molar-refractivity contribution in [2.24, 2.45) is 0 Å². The first-order chi connectivity index (χ1) is 10.3. The van der Waals surface area contributed by atoms with Crippen molar-refractivity contribution in [1.29, 1.82) is 0 Å². The van der Waals surface area contributed by atoms with Crippen LogP contribution in [0.2, 0.25) is 0 Å². The first kappa shape index (κ1) is 20.6. The molecule has 0 atom stereocenters. The van der Waals surface area contributed by atoms with Gasteiger partial charge in [0.25, 0.3) is 0 Å². The molecule has 0 saturated heterocycles. The van der Waals surface area contributed by atoms with E-state index in [2.05, 4.69) is 6.92 Å². The van der Waals surface area contributed by atoms with Crippen LogP contribution in [0.25, 0.3) is 0 Å². The first-order valence-corrected chi connectivity index (χ1v) is 8.98. The molecular formula is C18H36O3. The van der Waals surface area contributed by atoms with E-state index in [4.69, 9.17) is 9.47 Å². The number of ether oxygens (including phenoxy) is 2. The molecule has 0 aliphatic rings. The molecule has 0 spiro atoms. The zero-order valence-corrected chi connectivity index (χ0v) is 14.3. The Labute approximate surface area is 131 Å². The number of carbonyl (C=O) groups is 1. The van der Waals surface area contributed by atoms with Crippen LogP contribution in [0.1, 0.15) is 84.5 Å². The molecule has 0 bridgehead atoms. The second kappa shape index (κ2) is 17.6. The summed E-state index contributed by atoms with van der Waals surface area (Å²) in [5, 5.41) is 0. The third kappa shape index (κ3) is 17.5. The summed E-state index contributed by atoms with van der Waals surface area (Å²) in [5.41, 5.74) is 0. The van der Waals surface area contributed by atoms with Crippen LogP contribution in [0, 0.1) is 0 Å². The van der Waals surface area contributed by atoms with Crippen LogP contribution in [0.5, 0.6) is 0 Å². The molecule has 0 unspecified atom stereocenters. The fourth-order valence-corrected chi connectivity index (χ4v) is 2.31. The maximum Gasteiger partial charge on any atom is 0.135 e. The predicted octanol–water partition coefficient (Wildman–Crippen LogP) is 4.92. The Kier molecular flexibility index (Phi) is 17.3. The highest BCUT2D eigenvalue weighted by Gasteiger charge is 2.02. The van der Waals surface area contributed by atoms with E-state index in [-0.39, 0.29) is 0 Å². The molecule has 126 valence electrons. The quantitative estimate of drug-likeness (QED) is 0.358. The maximum atomic E-state index is 11.6. The van der Waals surface area contributed by atoms with Gasteiger partial charge < -0.3 is 9.47 Å². The van der Waals surface area contributed by atoms with Crippen LogP contribution in [0.15, 0.2) is 0 Å². The Balaban J connectivity index is 3.12. The van der Waals surface area contributed by atoms with Gasteiger partial charge in [0.2, 0.25) is 0 Å². The number of Topliss-reactive ketones (excluding diaryl/α,β-unsaturated/α-hetero) is 1. The zero-order chi connectivity index (χ0) is 15.6. The number of hydrogen-bond acceptors (Lipinski definition) is 3. The summed E-state index contributed by atoms with van der Waals surface area (Å²) in [7, 11) is 0. The van der Waals surface area contributed by atoms with Crippen LogP contribution in [0.3, 0.4) is 0 Å². The molecule has 3 heteroatoms. The molecule has 0 fully saturated rings. The van der Waals surface area contributed by atoms with E-state index in [1.54, 1.807) is 0 Å². The molecule has 0 aliphatic carbocycles. The Morgan fingerprint density at radius 2 is 1.24 bits per heavy atom. The third-order valence-corrected chi connectivity index (χ3v) is 3.66. The van der Waals surface area contributed by atoms with Crippen molar-refractivity contribution in [3.05, 3.63) is 0 Å². The molecular weight excluding hydrogens is 264 g/mol. The summed E-state index contributed by atoms with van der Waals surface area (Å²) in [6.07, 6.45) is 13.0. The minimum atomic E-state index is 0.342. The van der Waals surface area contributed by atoms with E-state index in [9.17, 15) is 4.79 Å². The van der Waals surface area contributed by atoms with Crippen LogP contribution >= 0.6 is 0 Å². The molecule has 0 radical (unpaired) electrons. The van der Waals surface area contributed by atoms with Gasteiger partial charge >= 0.3 is 0 Å². The van der Waals surface area contributed by atoms with Gasteiger partial charge in [0.15, 0.2) is 0 Å². The van der Waals surface area contributed by atoms with Gasteiger partial charge in [-0.3, -0.25) is 4.79 Å². The lowest BCUT2D eigenvalue weighted by molar-refractivity contribution is -0.120. The van der Waals surface area contributed by atoms with E-state index in [1.807, 2.05) is 6.92 Å². The van der Waals surface area contributed by atoms with Gasteiger partial charge in [-0.25, -0.2) is 0 Å². The summed E-state index contributed by atoms with van der Waals surface area (Å²) >= 11 is 0. The summed E-state index contributed by atoms with van der Waals surface area (Å²) in [6, 6.07) is 0. The highest BCUT2D eigenvalue weighted by atomic mass is 16.5. The molecule has 0 aromatic rings. The fraction of sp³-hybridized carbons (Fsp3) is 0.944. The average Bonchev–Trinajstić information content (AvgIpc) is 2.49. The Morgan fingerprint density at radius 3 is 1.86 bits per heavy atom. The van der Waals surface area contributed by atoms with Crippen molar-refractivity contribution in [1.82, 2.24) is 0 Å². The lowest BCUT2D eigenvalue weighted by atomic mass is 10.0. The number of unbranched alkanes of at least 4 members (excludes halogenated alkanes) is 8. The van der Waals surface area contributed by atoms with Crippen LogP contribution in [-0.2, 0) is 14.3 Å². The standard InChI is InChI=1S/C18H36O3/c1-3-5-6-7-8-9-10-11-12-13-18(19)14-15-21-17-16-20-4-2/h3-17H2,1-2H3. The second-order valence-corrected chi connectivity index (χ2v) is 5.68. The molecule has 0 saturated carbocycles. The lowest BCUT2D eigenvalue weighted by Gasteiger charge is -2.04. The molecule has 0 aromatic carbocycles. The van der Waals surface area contributed by atoms with E-state index in [0.29, 0.717) is 32.0 Å². The summed E-state index contributed by atoms with van der Waals surface area (Å²) in [4.78, 5) is 11.6. The van der Waals surface area contributed by atoms with E-state index in [1.165, 1.54) is 51.4 Å². The van der Waals surface area contributed by atoms with Crippen molar-refractivity contribution in [2.45, 2.75) is 84.5 Å². The second-order valence-electron chi connectivity index (χ2n) is 5.68.